The Labute approximate surface area is 117 Å². The van der Waals surface area contributed by atoms with Crippen molar-refractivity contribution in [1.82, 2.24) is 5.32 Å². The summed E-state index contributed by atoms with van der Waals surface area (Å²) in [6, 6.07) is 8.66. The zero-order valence-electron chi connectivity index (χ0n) is 11.2. The number of aryl methyl sites for hydroxylation is 3. The van der Waals surface area contributed by atoms with Crippen molar-refractivity contribution in [2.24, 2.45) is 0 Å². The van der Waals surface area contributed by atoms with Gasteiger partial charge in [0.1, 0.15) is 11.5 Å². The number of hydrogen-bond donors (Lipinski definition) is 1. The number of furan rings is 1. The monoisotopic (exact) mass is 307 g/mol. The molecular formula is C15H18BrNO. The van der Waals surface area contributed by atoms with Crippen LogP contribution in [0.25, 0.3) is 0 Å². The molecule has 18 heavy (non-hydrogen) atoms. The SMILES string of the molecule is CNC(c1ccc(Br)cc1C)c1cc(C)oc1C. The van der Waals surface area contributed by atoms with Crippen LogP contribution in [0.5, 0.6) is 0 Å². The molecule has 96 valence electrons. The maximum atomic E-state index is 5.63. The van der Waals surface area contributed by atoms with E-state index in [9.17, 15) is 0 Å². The van der Waals surface area contributed by atoms with Gasteiger partial charge < -0.3 is 9.73 Å². The Morgan fingerprint density at radius 3 is 2.33 bits per heavy atom. The quantitative estimate of drug-likeness (QED) is 0.915. The van der Waals surface area contributed by atoms with Gasteiger partial charge in [-0.1, -0.05) is 22.0 Å². The maximum absolute atomic E-state index is 5.63. The lowest BCUT2D eigenvalue weighted by atomic mass is 9.95. The summed E-state index contributed by atoms with van der Waals surface area (Å²) in [6.07, 6.45) is 0. The lowest BCUT2D eigenvalue weighted by Gasteiger charge is -2.18. The minimum atomic E-state index is 0.176. The van der Waals surface area contributed by atoms with Crippen LogP contribution in [0, 0.1) is 20.8 Å². The van der Waals surface area contributed by atoms with E-state index in [2.05, 4.69) is 52.4 Å². The van der Waals surface area contributed by atoms with Crippen LogP contribution in [0.4, 0.5) is 0 Å². The van der Waals surface area contributed by atoms with Crippen LogP contribution in [0.3, 0.4) is 0 Å². The van der Waals surface area contributed by atoms with Crippen LogP contribution < -0.4 is 5.32 Å². The minimum Gasteiger partial charge on any atom is -0.466 e. The highest BCUT2D eigenvalue weighted by molar-refractivity contribution is 9.10. The molecule has 0 aliphatic rings. The van der Waals surface area contributed by atoms with E-state index < -0.39 is 0 Å². The van der Waals surface area contributed by atoms with E-state index in [1.165, 1.54) is 16.7 Å². The van der Waals surface area contributed by atoms with Crippen molar-refractivity contribution in [2.75, 3.05) is 7.05 Å². The fourth-order valence-corrected chi connectivity index (χ4v) is 2.85. The summed E-state index contributed by atoms with van der Waals surface area (Å²) in [5.74, 6) is 1.94. The standard InChI is InChI=1S/C15H18BrNO/c1-9-7-12(16)5-6-13(9)15(17-4)14-8-10(2)18-11(14)3/h5-8,15,17H,1-4H3. The molecule has 0 spiro atoms. The molecule has 0 aliphatic heterocycles. The lowest BCUT2D eigenvalue weighted by Crippen LogP contribution is -2.18. The first-order chi connectivity index (χ1) is 8.52. The fourth-order valence-electron chi connectivity index (χ4n) is 2.38. The van der Waals surface area contributed by atoms with E-state index in [1.807, 2.05) is 20.9 Å². The lowest BCUT2D eigenvalue weighted by molar-refractivity contribution is 0.496. The summed E-state index contributed by atoms with van der Waals surface area (Å²) in [5, 5.41) is 3.37. The molecule has 3 heteroatoms. The second-order valence-electron chi connectivity index (χ2n) is 4.59. The molecule has 2 nitrogen and oxygen atoms in total. The Morgan fingerprint density at radius 2 is 1.83 bits per heavy atom. The van der Waals surface area contributed by atoms with Crippen molar-refractivity contribution in [3.8, 4) is 0 Å². The molecule has 0 saturated heterocycles. The van der Waals surface area contributed by atoms with Gasteiger partial charge in [0.15, 0.2) is 0 Å². The Kier molecular flexibility index (Phi) is 3.93. The van der Waals surface area contributed by atoms with Crippen LogP contribution >= 0.6 is 15.9 Å². The van der Waals surface area contributed by atoms with E-state index in [4.69, 9.17) is 4.42 Å². The maximum Gasteiger partial charge on any atom is 0.106 e. The van der Waals surface area contributed by atoms with Crippen LogP contribution in [0.15, 0.2) is 33.2 Å². The van der Waals surface area contributed by atoms with Crippen molar-refractivity contribution in [2.45, 2.75) is 26.8 Å². The molecule has 1 heterocycles. The first-order valence-electron chi connectivity index (χ1n) is 6.03. The predicted molar refractivity (Wildman–Crippen MR) is 78.0 cm³/mol. The normalized spacial score (nSPS) is 12.7. The molecule has 1 atom stereocenters. The fraction of sp³-hybridized carbons (Fsp3) is 0.333. The first kappa shape index (κ1) is 13.4. The Balaban J connectivity index is 2.48. The Hall–Kier alpha value is -1.06. The predicted octanol–water partition coefficient (Wildman–Crippen LogP) is 4.28. The van der Waals surface area contributed by atoms with Crippen molar-refractivity contribution in [1.29, 1.82) is 0 Å². The van der Waals surface area contributed by atoms with Gasteiger partial charge in [0.2, 0.25) is 0 Å². The summed E-state index contributed by atoms with van der Waals surface area (Å²) in [4.78, 5) is 0. The van der Waals surface area contributed by atoms with Gasteiger partial charge in [0, 0.05) is 10.0 Å². The highest BCUT2D eigenvalue weighted by Gasteiger charge is 2.19. The average molecular weight is 308 g/mol. The largest absolute Gasteiger partial charge is 0.466 e. The number of rotatable bonds is 3. The molecule has 1 aromatic carbocycles. The van der Waals surface area contributed by atoms with Gasteiger partial charge in [0.05, 0.1) is 6.04 Å². The summed E-state index contributed by atoms with van der Waals surface area (Å²) < 4.78 is 6.74. The van der Waals surface area contributed by atoms with E-state index in [0.29, 0.717) is 0 Å². The molecule has 0 aliphatic carbocycles. The van der Waals surface area contributed by atoms with Gasteiger partial charge in [-0.3, -0.25) is 0 Å². The van der Waals surface area contributed by atoms with E-state index >= 15 is 0 Å². The number of halogens is 1. The summed E-state index contributed by atoms with van der Waals surface area (Å²) in [5.41, 5.74) is 3.76. The Morgan fingerprint density at radius 1 is 1.11 bits per heavy atom. The van der Waals surface area contributed by atoms with Gasteiger partial charge in [-0.05, 0) is 57.1 Å². The zero-order valence-corrected chi connectivity index (χ0v) is 12.8. The highest BCUT2D eigenvalue weighted by atomic mass is 79.9. The minimum absolute atomic E-state index is 0.176. The summed E-state index contributed by atoms with van der Waals surface area (Å²) in [6.45, 7) is 6.13. The number of hydrogen-bond acceptors (Lipinski definition) is 2. The summed E-state index contributed by atoms with van der Waals surface area (Å²) in [7, 11) is 1.98. The van der Waals surface area contributed by atoms with Gasteiger partial charge >= 0.3 is 0 Å². The third kappa shape index (κ3) is 2.52. The molecule has 2 rings (SSSR count). The number of benzene rings is 1. The van der Waals surface area contributed by atoms with Crippen LogP contribution in [0.2, 0.25) is 0 Å². The molecule has 1 aromatic heterocycles. The molecule has 1 unspecified atom stereocenters. The zero-order chi connectivity index (χ0) is 13.3. The third-order valence-electron chi connectivity index (χ3n) is 3.22. The second kappa shape index (κ2) is 5.29. The van der Waals surface area contributed by atoms with Gasteiger partial charge in [-0.15, -0.1) is 0 Å². The van der Waals surface area contributed by atoms with Crippen molar-refractivity contribution >= 4 is 15.9 Å². The van der Waals surface area contributed by atoms with E-state index in [-0.39, 0.29) is 6.04 Å². The second-order valence-corrected chi connectivity index (χ2v) is 5.51. The number of nitrogens with one attached hydrogen (secondary N) is 1. The first-order valence-corrected chi connectivity index (χ1v) is 6.82. The third-order valence-corrected chi connectivity index (χ3v) is 3.72. The smallest absolute Gasteiger partial charge is 0.106 e. The van der Waals surface area contributed by atoms with Crippen molar-refractivity contribution in [3.05, 3.63) is 56.9 Å². The van der Waals surface area contributed by atoms with Gasteiger partial charge in [-0.2, -0.15) is 0 Å². The molecule has 2 aromatic rings. The molecular weight excluding hydrogens is 290 g/mol. The van der Waals surface area contributed by atoms with E-state index in [1.54, 1.807) is 0 Å². The molecule has 0 fully saturated rings. The summed E-state index contributed by atoms with van der Waals surface area (Å²) >= 11 is 3.50. The average Bonchev–Trinajstić information content (AvgIpc) is 2.62. The van der Waals surface area contributed by atoms with Crippen LogP contribution in [0.1, 0.15) is 34.3 Å². The molecule has 0 radical (unpaired) electrons. The van der Waals surface area contributed by atoms with Crippen LogP contribution in [-0.2, 0) is 0 Å². The molecule has 1 N–H and O–H groups in total. The van der Waals surface area contributed by atoms with E-state index in [0.717, 1.165) is 16.0 Å². The molecule has 0 saturated carbocycles. The highest BCUT2D eigenvalue weighted by Crippen LogP contribution is 2.30. The van der Waals surface area contributed by atoms with Crippen molar-refractivity contribution < 1.29 is 4.42 Å². The van der Waals surface area contributed by atoms with Gasteiger partial charge in [-0.25, -0.2) is 0 Å². The Bertz CT molecular complexity index is 560. The molecule has 0 bridgehead atoms. The van der Waals surface area contributed by atoms with Gasteiger partial charge in [0.25, 0.3) is 0 Å². The molecule has 0 amide bonds. The topological polar surface area (TPSA) is 25.2 Å². The van der Waals surface area contributed by atoms with Crippen molar-refractivity contribution in [3.63, 3.8) is 0 Å². The van der Waals surface area contributed by atoms with Crippen LogP contribution in [-0.4, -0.2) is 7.05 Å².